The minimum atomic E-state index is -4.35. The Morgan fingerprint density at radius 1 is 1.18 bits per heavy atom. The van der Waals surface area contributed by atoms with E-state index in [1.165, 1.54) is 13.8 Å². The van der Waals surface area contributed by atoms with Gasteiger partial charge in [-0.2, -0.15) is 0 Å². The van der Waals surface area contributed by atoms with Crippen LogP contribution in [-0.4, -0.2) is 43.0 Å². The van der Waals surface area contributed by atoms with E-state index in [9.17, 15) is 18.9 Å². The first-order valence-corrected chi connectivity index (χ1v) is 10.1. The first kappa shape index (κ1) is 23.9. The molecule has 0 aliphatic rings. The maximum atomic E-state index is 13.1. The normalized spacial score (nSPS) is 15.7. The van der Waals surface area contributed by atoms with E-state index in [0.29, 0.717) is 5.56 Å². The van der Waals surface area contributed by atoms with Gasteiger partial charge in [0.05, 0.1) is 6.61 Å². The predicted octanol–water partition coefficient (Wildman–Crippen LogP) is 3.05. The van der Waals surface area contributed by atoms with Crippen molar-refractivity contribution >= 4 is 26.4 Å². The Labute approximate surface area is 164 Å². The zero-order valence-corrected chi connectivity index (χ0v) is 17.0. The van der Waals surface area contributed by atoms with Crippen LogP contribution in [0.2, 0.25) is 0 Å². The average Bonchev–Trinajstić information content (AvgIpc) is 2.68. The average molecular weight is 412 g/mol. The minimum absolute atomic E-state index is 0.0655. The number of carbonyl (C=O) groups excluding carboxylic acids is 3. The van der Waals surface area contributed by atoms with Crippen LogP contribution in [0.25, 0.3) is 0 Å². The van der Waals surface area contributed by atoms with Crippen molar-refractivity contribution < 1.29 is 37.3 Å². The Morgan fingerprint density at radius 3 is 2.29 bits per heavy atom. The number of hydrogen-bond donors (Lipinski definition) is 0. The van der Waals surface area contributed by atoms with Gasteiger partial charge in [0, 0.05) is 12.5 Å². The lowest BCUT2D eigenvalue weighted by Crippen LogP contribution is -2.39. The third-order valence-electron chi connectivity index (χ3n) is 3.72. The predicted molar refractivity (Wildman–Crippen MR) is 102 cm³/mol. The summed E-state index contributed by atoms with van der Waals surface area (Å²) in [5, 5.41) is 0. The molecule has 0 bridgehead atoms. The molecule has 0 saturated heterocycles. The fraction of sp³-hybridized carbons (Fsp3) is 0.421. The van der Waals surface area contributed by atoms with Gasteiger partial charge in [0.1, 0.15) is 12.2 Å². The highest BCUT2D eigenvalue weighted by Crippen LogP contribution is 2.54. The van der Waals surface area contributed by atoms with E-state index in [2.05, 4.69) is 6.58 Å². The maximum Gasteiger partial charge on any atom is 0.476 e. The van der Waals surface area contributed by atoms with Crippen LogP contribution in [0.15, 0.2) is 43.0 Å². The van der Waals surface area contributed by atoms with Crippen LogP contribution in [0.3, 0.4) is 0 Å². The molecule has 0 aromatic heterocycles. The van der Waals surface area contributed by atoms with Crippen molar-refractivity contribution in [2.45, 2.75) is 45.0 Å². The molecule has 3 unspecified atom stereocenters. The quantitative estimate of drug-likeness (QED) is 0.160. The summed E-state index contributed by atoms with van der Waals surface area (Å²) in [5.74, 6) is -0.686. The van der Waals surface area contributed by atoms with Gasteiger partial charge in [-0.15, -0.1) is 0 Å². The van der Waals surface area contributed by atoms with Crippen molar-refractivity contribution in [2.75, 3.05) is 6.61 Å². The molecule has 1 aromatic rings. The molecule has 0 radical (unpaired) electrons. The van der Waals surface area contributed by atoms with E-state index in [-0.39, 0.29) is 25.6 Å². The molecule has 3 atom stereocenters. The van der Waals surface area contributed by atoms with Crippen LogP contribution in [0.4, 0.5) is 0 Å². The highest BCUT2D eigenvalue weighted by Gasteiger charge is 2.43. The zero-order valence-electron chi connectivity index (χ0n) is 16.1. The lowest BCUT2D eigenvalue weighted by Gasteiger charge is -2.30. The second-order valence-corrected chi connectivity index (χ2v) is 7.51. The number of hydrogen-bond acceptors (Lipinski definition) is 8. The van der Waals surface area contributed by atoms with E-state index in [1.54, 1.807) is 37.3 Å². The van der Waals surface area contributed by atoms with Crippen molar-refractivity contribution in [1.29, 1.82) is 0 Å². The Bertz CT molecular complexity index is 710. The summed E-state index contributed by atoms with van der Waals surface area (Å²) in [7, 11) is -4.35. The first-order valence-electron chi connectivity index (χ1n) is 8.66. The summed E-state index contributed by atoms with van der Waals surface area (Å²) in [6, 6.07) is 8.61. The molecule has 9 heteroatoms. The molecule has 154 valence electrons. The van der Waals surface area contributed by atoms with E-state index in [4.69, 9.17) is 18.3 Å². The Kier molecular flexibility index (Phi) is 9.41. The van der Waals surface area contributed by atoms with E-state index < -0.39 is 31.6 Å². The standard InChI is InChI=1S/C19H25O8P/c1-5-18(22)25-15(3)16(4)26-28(23,24-6-2)27-19(13-20,14-21)12-17-10-8-7-9-11-17/h5,7-11,13-16H,1,6,12H2,2-4H3. The maximum absolute atomic E-state index is 13.1. The third-order valence-corrected chi connectivity index (χ3v) is 5.45. The second-order valence-electron chi connectivity index (χ2n) is 5.97. The van der Waals surface area contributed by atoms with E-state index in [0.717, 1.165) is 6.08 Å². The van der Waals surface area contributed by atoms with Gasteiger partial charge in [-0.1, -0.05) is 36.9 Å². The molecule has 1 rings (SSSR count). The number of benzene rings is 1. The van der Waals surface area contributed by atoms with Crippen molar-refractivity contribution in [3.05, 3.63) is 48.6 Å². The van der Waals surface area contributed by atoms with Crippen LogP contribution in [0.1, 0.15) is 26.3 Å². The van der Waals surface area contributed by atoms with Gasteiger partial charge in [0.2, 0.25) is 0 Å². The first-order chi connectivity index (χ1) is 13.2. The minimum Gasteiger partial charge on any atom is -0.457 e. The van der Waals surface area contributed by atoms with Gasteiger partial charge in [0.15, 0.2) is 18.2 Å². The third kappa shape index (κ3) is 7.13. The smallest absolute Gasteiger partial charge is 0.457 e. The summed E-state index contributed by atoms with van der Waals surface area (Å²) < 4.78 is 33.9. The second kappa shape index (κ2) is 11.0. The molecule has 0 amide bonds. The van der Waals surface area contributed by atoms with E-state index in [1.807, 2.05) is 0 Å². The molecular weight excluding hydrogens is 387 g/mol. The lowest BCUT2D eigenvalue weighted by molar-refractivity contribution is -0.147. The summed E-state index contributed by atoms with van der Waals surface area (Å²) in [4.78, 5) is 34.7. The van der Waals surface area contributed by atoms with Crippen molar-refractivity contribution in [3.63, 3.8) is 0 Å². The molecule has 8 nitrogen and oxygen atoms in total. The van der Waals surface area contributed by atoms with Gasteiger partial charge in [-0.05, 0) is 26.3 Å². The number of phosphoric acid groups is 1. The summed E-state index contributed by atoms with van der Waals surface area (Å²) in [6.45, 7) is 7.77. The Hall–Kier alpha value is -2.12. The number of phosphoric ester groups is 1. The molecule has 0 aliphatic heterocycles. The highest BCUT2D eigenvalue weighted by molar-refractivity contribution is 7.48. The van der Waals surface area contributed by atoms with Gasteiger partial charge in [-0.3, -0.25) is 23.2 Å². The van der Waals surface area contributed by atoms with Crippen LogP contribution in [0, 0.1) is 0 Å². The summed E-state index contributed by atoms with van der Waals surface area (Å²) >= 11 is 0. The molecule has 0 saturated carbocycles. The largest absolute Gasteiger partial charge is 0.476 e. The summed E-state index contributed by atoms with van der Waals surface area (Å²) in [6.07, 6.45) is -0.406. The molecule has 0 heterocycles. The molecule has 28 heavy (non-hydrogen) atoms. The van der Waals surface area contributed by atoms with Crippen LogP contribution < -0.4 is 0 Å². The fourth-order valence-corrected chi connectivity index (χ4v) is 3.78. The molecular formula is C19H25O8P. The molecule has 0 fully saturated rings. The van der Waals surface area contributed by atoms with Gasteiger partial charge in [0.25, 0.3) is 0 Å². The molecule has 0 spiro atoms. The van der Waals surface area contributed by atoms with Crippen molar-refractivity contribution in [3.8, 4) is 0 Å². The highest BCUT2D eigenvalue weighted by atomic mass is 31.2. The number of rotatable bonds is 13. The topological polar surface area (TPSA) is 105 Å². The number of carbonyl (C=O) groups is 3. The molecule has 0 N–H and O–H groups in total. The van der Waals surface area contributed by atoms with Crippen molar-refractivity contribution in [1.82, 2.24) is 0 Å². The van der Waals surface area contributed by atoms with Crippen LogP contribution in [-0.2, 0) is 43.7 Å². The van der Waals surface area contributed by atoms with E-state index >= 15 is 0 Å². The number of ether oxygens (including phenoxy) is 1. The van der Waals surface area contributed by atoms with Crippen molar-refractivity contribution in [2.24, 2.45) is 0 Å². The Balaban J connectivity index is 3.03. The Morgan fingerprint density at radius 2 is 1.79 bits per heavy atom. The monoisotopic (exact) mass is 412 g/mol. The summed E-state index contributed by atoms with van der Waals surface area (Å²) in [5.41, 5.74) is -1.45. The zero-order chi connectivity index (χ0) is 21.2. The number of esters is 1. The van der Waals surface area contributed by atoms with Crippen LogP contribution in [0.5, 0.6) is 0 Å². The molecule has 0 aliphatic carbocycles. The van der Waals surface area contributed by atoms with Gasteiger partial charge >= 0.3 is 13.8 Å². The lowest BCUT2D eigenvalue weighted by atomic mass is 9.98. The number of aldehydes is 2. The SMILES string of the molecule is C=CC(=O)OC(C)C(C)OP(=O)(OCC)OC(C=O)(C=O)Cc1ccccc1. The fourth-order valence-electron chi connectivity index (χ4n) is 2.16. The van der Waals surface area contributed by atoms with Gasteiger partial charge < -0.3 is 4.74 Å². The molecule has 1 aromatic carbocycles. The van der Waals surface area contributed by atoms with Crippen LogP contribution >= 0.6 is 7.82 Å². The van der Waals surface area contributed by atoms with Gasteiger partial charge in [-0.25, -0.2) is 9.36 Å².